The molecule has 0 aliphatic carbocycles. The van der Waals surface area contributed by atoms with E-state index in [1.807, 2.05) is 7.05 Å². The van der Waals surface area contributed by atoms with Crippen LogP contribution in [0.3, 0.4) is 0 Å². The molecule has 0 radical (unpaired) electrons. The van der Waals surface area contributed by atoms with Gasteiger partial charge in [-0.05, 0) is 7.05 Å². The van der Waals surface area contributed by atoms with E-state index in [4.69, 9.17) is 9.26 Å². The minimum absolute atomic E-state index is 0.371. The van der Waals surface area contributed by atoms with Crippen molar-refractivity contribution < 1.29 is 9.26 Å². The maximum Gasteiger partial charge on any atom is 0.316 e. The number of rotatable bonds is 5. The molecule has 2 heterocycles. The molecule has 2 aromatic rings. The first-order chi connectivity index (χ1) is 8.67. The fourth-order valence-corrected chi connectivity index (χ4v) is 1.54. The van der Waals surface area contributed by atoms with Crippen molar-refractivity contribution in [1.82, 2.24) is 25.0 Å². The lowest BCUT2D eigenvalue weighted by Gasteiger charge is -2.13. The maximum atomic E-state index is 4.92. The second-order valence-corrected chi connectivity index (χ2v) is 3.98. The second kappa shape index (κ2) is 5.54. The zero-order chi connectivity index (χ0) is 13.0. The van der Waals surface area contributed by atoms with Crippen LogP contribution in [0.25, 0.3) is 0 Å². The molecule has 96 valence electrons. The lowest BCUT2D eigenvalue weighted by molar-refractivity contribution is 0.299. The fourth-order valence-electron chi connectivity index (χ4n) is 1.54. The van der Waals surface area contributed by atoms with Crippen molar-refractivity contribution in [2.24, 2.45) is 0 Å². The summed E-state index contributed by atoms with van der Waals surface area (Å²) in [6.07, 6.45) is 3.48. The molecule has 0 atom stereocenters. The van der Waals surface area contributed by atoms with E-state index in [9.17, 15) is 0 Å². The van der Waals surface area contributed by atoms with Crippen LogP contribution < -0.4 is 4.74 Å². The predicted octanol–water partition coefficient (Wildman–Crippen LogP) is 0.809. The Morgan fingerprint density at radius 1 is 1.28 bits per heavy atom. The molecular weight excluding hydrogens is 234 g/mol. The van der Waals surface area contributed by atoms with E-state index >= 15 is 0 Å². The van der Waals surface area contributed by atoms with Crippen molar-refractivity contribution in [3.63, 3.8) is 0 Å². The molecule has 7 heteroatoms. The van der Waals surface area contributed by atoms with Crippen LogP contribution in [-0.4, -0.2) is 39.2 Å². The van der Waals surface area contributed by atoms with E-state index in [0.717, 1.165) is 5.56 Å². The molecule has 0 N–H and O–H groups in total. The monoisotopic (exact) mass is 249 g/mol. The van der Waals surface area contributed by atoms with Crippen LogP contribution in [0.4, 0.5) is 0 Å². The smallest absolute Gasteiger partial charge is 0.316 e. The minimum Gasteiger partial charge on any atom is -0.467 e. The third kappa shape index (κ3) is 3.24. The molecule has 0 aromatic carbocycles. The van der Waals surface area contributed by atoms with Gasteiger partial charge in [0.2, 0.25) is 5.89 Å². The Hall–Kier alpha value is -2.02. The Morgan fingerprint density at radius 2 is 2.00 bits per heavy atom. The van der Waals surface area contributed by atoms with Crippen LogP contribution in [0.2, 0.25) is 0 Å². The molecule has 0 spiro atoms. The van der Waals surface area contributed by atoms with Gasteiger partial charge in [-0.15, -0.1) is 0 Å². The van der Waals surface area contributed by atoms with E-state index in [1.165, 1.54) is 0 Å². The minimum atomic E-state index is 0.371. The van der Waals surface area contributed by atoms with Crippen LogP contribution in [-0.2, 0) is 13.1 Å². The highest BCUT2D eigenvalue weighted by Gasteiger charge is 2.07. The van der Waals surface area contributed by atoms with Crippen LogP contribution in [0.1, 0.15) is 17.3 Å². The number of hydrogen-bond donors (Lipinski definition) is 0. The summed E-state index contributed by atoms with van der Waals surface area (Å²) in [5, 5.41) is 3.85. The van der Waals surface area contributed by atoms with Gasteiger partial charge in [0.15, 0.2) is 5.82 Å². The average molecular weight is 249 g/mol. The Morgan fingerprint density at radius 3 is 2.56 bits per heavy atom. The standard InChI is InChI=1S/C11H15N5O2/c1-8-14-10(15-18-8)7-16(2)6-9-4-12-11(17-3)13-5-9/h4-5H,6-7H2,1-3H3. The third-order valence-electron chi connectivity index (χ3n) is 2.30. The summed E-state index contributed by atoms with van der Waals surface area (Å²) < 4.78 is 9.82. The van der Waals surface area contributed by atoms with Crippen molar-refractivity contribution >= 4 is 0 Å². The fraction of sp³-hybridized carbons (Fsp3) is 0.455. The maximum absolute atomic E-state index is 4.92. The van der Waals surface area contributed by atoms with E-state index in [1.54, 1.807) is 26.4 Å². The van der Waals surface area contributed by atoms with Gasteiger partial charge in [-0.25, -0.2) is 9.97 Å². The van der Waals surface area contributed by atoms with Gasteiger partial charge in [-0.1, -0.05) is 5.16 Å². The van der Waals surface area contributed by atoms with Gasteiger partial charge in [0.05, 0.1) is 13.7 Å². The first kappa shape index (κ1) is 12.4. The molecule has 0 unspecified atom stereocenters. The summed E-state index contributed by atoms with van der Waals surface area (Å²) in [6, 6.07) is 0.371. The van der Waals surface area contributed by atoms with Crippen molar-refractivity contribution in [2.45, 2.75) is 20.0 Å². The molecule has 2 rings (SSSR count). The molecular formula is C11H15N5O2. The SMILES string of the molecule is COc1ncc(CN(C)Cc2noc(C)n2)cn1. The van der Waals surface area contributed by atoms with Gasteiger partial charge in [0.1, 0.15) is 0 Å². The Bertz CT molecular complexity index is 496. The van der Waals surface area contributed by atoms with E-state index in [-0.39, 0.29) is 0 Å². The van der Waals surface area contributed by atoms with Crippen LogP contribution in [0.15, 0.2) is 16.9 Å². The molecule has 0 saturated heterocycles. The van der Waals surface area contributed by atoms with Gasteiger partial charge >= 0.3 is 6.01 Å². The summed E-state index contributed by atoms with van der Waals surface area (Å²) in [4.78, 5) is 14.3. The molecule has 7 nitrogen and oxygen atoms in total. The summed E-state index contributed by atoms with van der Waals surface area (Å²) >= 11 is 0. The predicted molar refractivity (Wildman–Crippen MR) is 62.8 cm³/mol. The van der Waals surface area contributed by atoms with Gasteiger partial charge in [0, 0.05) is 31.4 Å². The lowest BCUT2D eigenvalue weighted by atomic mass is 10.3. The van der Waals surface area contributed by atoms with Crippen molar-refractivity contribution in [2.75, 3.05) is 14.2 Å². The molecule has 0 fully saturated rings. The van der Waals surface area contributed by atoms with Crippen molar-refractivity contribution in [1.29, 1.82) is 0 Å². The first-order valence-corrected chi connectivity index (χ1v) is 5.50. The lowest BCUT2D eigenvalue weighted by Crippen LogP contribution is -2.18. The second-order valence-electron chi connectivity index (χ2n) is 3.98. The molecule has 0 amide bonds. The molecule has 2 aromatic heterocycles. The summed E-state index contributed by atoms with van der Waals surface area (Å²) in [7, 11) is 3.51. The van der Waals surface area contributed by atoms with Crippen molar-refractivity contribution in [3.8, 4) is 6.01 Å². The van der Waals surface area contributed by atoms with Crippen LogP contribution in [0, 0.1) is 6.92 Å². The highest BCUT2D eigenvalue weighted by Crippen LogP contribution is 2.06. The summed E-state index contributed by atoms with van der Waals surface area (Å²) in [5.74, 6) is 1.25. The summed E-state index contributed by atoms with van der Waals surface area (Å²) in [5.41, 5.74) is 0.999. The van der Waals surface area contributed by atoms with Gasteiger partial charge in [0.25, 0.3) is 0 Å². The Balaban J connectivity index is 1.91. The van der Waals surface area contributed by atoms with Crippen LogP contribution >= 0.6 is 0 Å². The molecule has 18 heavy (non-hydrogen) atoms. The third-order valence-corrected chi connectivity index (χ3v) is 2.30. The van der Waals surface area contributed by atoms with Crippen molar-refractivity contribution in [3.05, 3.63) is 29.7 Å². The molecule has 0 aliphatic heterocycles. The summed E-state index contributed by atoms with van der Waals surface area (Å²) in [6.45, 7) is 3.09. The normalized spacial score (nSPS) is 10.9. The zero-order valence-electron chi connectivity index (χ0n) is 10.6. The van der Waals surface area contributed by atoms with Gasteiger partial charge in [-0.2, -0.15) is 4.98 Å². The quantitative estimate of drug-likeness (QED) is 0.775. The highest BCUT2D eigenvalue weighted by molar-refractivity contribution is 5.07. The number of hydrogen-bond acceptors (Lipinski definition) is 7. The molecule has 0 bridgehead atoms. The Labute approximate surface area is 105 Å². The number of ether oxygens (including phenoxy) is 1. The number of nitrogens with zero attached hydrogens (tertiary/aromatic N) is 5. The van der Waals surface area contributed by atoms with Crippen LogP contribution in [0.5, 0.6) is 6.01 Å². The topological polar surface area (TPSA) is 77.2 Å². The van der Waals surface area contributed by atoms with Gasteiger partial charge < -0.3 is 9.26 Å². The largest absolute Gasteiger partial charge is 0.467 e. The first-order valence-electron chi connectivity index (χ1n) is 5.50. The highest BCUT2D eigenvalue weighted by atomic mass is 16.5. The van der Waals surface area contributed by atoms with E-state index in [2.05, 4.69) is 25.0 Å². The molecule has 0 aliphatic rings. The zero-order valence-corrected chi connectivity index (χ0v) is 10.6. The number of aromatic nitrogens is 4. The molecule has 0 saturated carbocycles. The average Bonchev–Trinajstić information content (AvgIpc) is 2.75. The van der Waals surface area contributed by atoms with E-state index < -0.39 is 0 Å². The van der Waals surface area contributed by atoms with Gasteiger partial charge in [-0.3, -0.25) is 4.90 Å². The Kier molecular flexibility index (Phi) is 3.83. The number of aryl methyl sites for hydroxylation is 1. The number of methoxy groups -OCH3 is 1. The van der Waals surface area contributed by atoms with E-state index in [0.29, 0.717) is 30.8 Å².